The van der Waals surface area contributed by atoms with Crippen LogP contribution < -0.4 is 5.32 Å². The van der Waals surface area contributed by atoms with Crippen molar-refractivity contribution in [2.24, 2.45) is 0 Å². The molecule has 3 rings (SSSR count). The fourth-order valence-electron chi connectivity index (χ4n) is 2.76. The molecule has 0 atom stereocenters. The number of aromatic nitrogens is 1. The highest BCUT2D eigenvalue weighted by molar-refractivity contribution is 7.90. The summed E-state index contributed by atoms with van der Waals surface area (Å²) < 4.78 is 23.1. The second kappa shape index (κ2) is 7.32. The fourth-order valence-corrected chi connectivity index (χ4v) is 3.39. The van der Waals surface area contributed by atoms with E-state index in [9.17, 15) is 13.2 Å². The van der Waals surface area contributed by atoms with E-state index in [1.807, 2.05) is 50.2 Å². The third kappa shape index (κ3) is 4.23. The van der Waals surface area contributed by atoms with Crippen LogP contribution in [0.15, 0.2) is 65.6 Å². The summed E-state index contributed by atoms with van der Waals surface area (Å²) in [5.41, 5.74) is 4.30. The highest BCUT2D eigenvalue weighted by atomic mass is 32.2. The molecule has 0 aliphatic rings. The minimum atomic E-state index is -3.29. The monoisotopic (exact) mass is 380 g/mol. The van der Waals surface area contributed by atoms with E-state index < -0.39 is 9.84 Å². The highest BCUT2D eigenvalue weighted by Gasteiger charge is 2.13. The summed E-state index contributed by atoms with van der Waals surface area (Å²) >= 11 is 0. The van der Waals surface area contributed by atoms with Crippen molar-refractivity contribution >= 4 is 21.6 Å². The van der Waals surface area contributed by atoms with E-state index >= 15 is 0 Å². The summed E-state index contributed by atoms with van der Waals surface area (Å²) in [6.07, 6.45) is 1.13. The molecule has 0 spiro atoms. The lowest BCUT2D eigenvalue weighted by atomic mass is 10.0. The number of amides is 1. The number of benzene rings is 2. The standard InChI is InChI=1S/C21H20N2O3S/c1-14-15(2)22-20(13-19(14)16-7-5-4-6-8-16)23-21(24)17-9-11-18(12-10-17)27(3,25)26/h4-13H,1-3H3,(H,22,23,24). The van der Waals surface area contributed by atoms with Gasteiger partial charge in [0.05, 0.1) is 4.90 Å². The first-order valence-corrected chi connectivity index (χ1v) is 10.3. The number of carbonyl (C=O) groups excluding carboxylic acids is 1. The predicted octanol–water partition coefficient (Wildman–Crippen LogP) is 4.02. The lowest BCUT2D eigenvalue weighted by Crippen LogP contribution is -2.14. The van der Waals surface area contributed by atoms with Crippen LogP contribution in [0.4, 0.5) is 5.82 Å². The zero-order chi connectivity index (χ0) is 19.6. The molecule has 3 aromatic rings. The molecule has 0 bridgehead atoms. The zero-order valence-corrected chi connectivity index (χ0v) is 16.2. The van der Waals surface area contributed by atoms with Gasteiger partial charge < -0.3 is 5.32 Å². The Morgan fingerprint density at radius 1 is 0.963 bits per heavy atom. The van der Waals surface area contributed by atoms with Crippen molar-refractivity contribution in [1.82, 2.24) is 4.98 Å². The van der Waals surface area contributed by atoms with Crippen molar-refractivity contribution in [3.63, 3.8) is 0 Å². The molecule has 1 N–H and O–H groups in total. The molecule has 0 unspecified atom stereocenters. The second-order valence-electron chi connectivity index (χ2n) is 6.38. The Bertz CT molecular complexity index is 1090. The van der Waals surface area contributed by atoms with Crippen LogP contribution in [-0.4, -0.2) is 25.6 Å². The van der Waals surface area contributed by atoms with Crippen LogP contribution in [0.1, 0.15) is 21.6 Å². The van der Waals surface area contributed by atoms with Crippen molar-refractivity contribution in [3.8, 4) is 11.1 Å². The summed E-state index contributed by atoms with van der Waals surface area (Å²) in [4.78, 5) is 17.1. The number of nitrogens with one attached hydrogen (secondary N) is 1. The van der Waals surface area contributed by atoms with Crippen molar-refractivity contribution in [1.29, 1.82) is 0 Å². The van der Waals surface area contributed by atoms with Gasteiger partial charge in [-0.2, -0.15) is 0 Å². The first kappa shape index (κ1) is 18.8. The maximum absolute atomic E-state index is 12.5. The van der Waals surface area contributed by atoms with Crippen LogP contribution in [0, 0.1) is 13.8 Å². The Balaban J connectivity index is 1.89. The van der Waals surface area contributed by atoms with Gasteiger partial charge in [-0.15, -0.1) is 0 Å². The molecule has 0 aliphatic heterocycles. The van der Waals surface area contributed by atoms with Crippen LogP contribution in [0.3, 0.4) is 0 Å². The number of carbonyl (C=O) groups is 1. The Morgan fingerprint density at radius 3 is 2.19 bits per heavy atom. The predicted molar refractivity (Wildman–Crippen MR) is 107 cm³/mol. The summed E-state index contributed by atoms with van der Waals surface area (Å²) in [7, 11) is -3.29. The molecule has 0 aliphatic carbocycles. The van der Waals surface area contributed by atoms with E-state index in [2.05, 4.69) is 10.3 Å². The van der Waals surface area contributed by atoms with Crippen molar-refractivity contribution in [3.05, 3.63) is 77.5 Å². The van der Waals surface area contributed by atoms with Gasteiger partial charge in [0.15, 0.2) is 9.84 Å². The van der Waals surface area contributed by atoms with Gasteiger partial charge in [-0.1, -0.05) is 30.3 Å². The van der Waals surface area contributed by atoms with Gasteiger partial charge in [-0.05, 0) is 60.9 Å². The van der Waals surface area contributed by atoms with E-state index in [4.69, 9.17) is 0 Å². The summed E-state index contributed by atoms with van der Waals surface area (Å²) in [6, 6.07) is 17.6. The maximum atomic E-state index is 12.5. The molecule has 1 amide bonds. The molecule has 2 aromatic carbocycles. The van der Waals surface area contributed by atoms with E-state index in [1.54, 1.807) is 0 Å². The average molecular weight is 380 g/mol. The molecule has 0 saturated carbocycles. The molecule has 27 heavy (non-hydrogen) atoms. The van der Waals surface area contributed by atoms with Gasteiger partial charge in [0.2, 0.25) is 0 Å². The normalized spacial score (nSPS) is 11.2. The van der Waals surface area contributed by atoms with Crippen LogP contribution in [0.25, 0.3) is 11.1 Å². The topological polar surface area (TPSA) is 76.1 Å². The zero-order valence-electron chi connectivity index (χ0n) is 15.4. The Kier molecular flexibility index (Phi) is 5.10. The molecule has 0 saturated heterocycles. The minimum absolute atomic E-state index is 0.176. The molecule has 138 valence electrons. The summed E-state index contributed by atoms with van der Waals surface area (Å²) in [5.74, 6) is 0.110. The first-order valence-electron chi connectivity index (χ1n) is 8.41. The summed E-state index contributed by atoms with van der Waals surface area (Å²) in [5, 5.41) is 2.80. The third-order valence-electron chi connectivity index (χ3n) is 4.39. The largest absolute Gasteiger partial charge is 0.307 e. The van der Waals surface area contributed by atoms with Crippen LogP contribution in [0.2, 0.25) is 0 Å². The quantitative estimate of drug-likeness (QED) is 0.742. The molecular formula is C21H20N2O3S. The number of anilines is 1. The Hall–Kier alpha value is -2.99. The highest BCUT2D eigenvalue weighted by Crippen LogP contribution is 2.27. The van der Waals surface area contributed by atoms with E-state index in [0.717, 1.165) is 28.6 Å². The summed E-state index contributed by atoms with van der Waals surface area (Å²) in [6.45, 7) is 3.90. The van der Waals surface area contributed by atoms with Gasteiger partial charge in [0.25, 0.3) is 5.91 Å². The van der Waals surface area contributed by atoms with Crippen LogP contribution >= 0.6 is 0 Å². The Morgan fingerprint density at radius 2 is 1.59 bits per heavy atom. The van der Waals surface area contributed by atoms with Crippen LogP contribution in [0.5, 0.6) is 0 Å². The minimum Gasteiger partial charge on any atom is -0.307 e. The van der Waals surface area contributed by atoms with E-state index in [1.165, 1.54) is 24.3 Å². The number of hydrogen-bond acceptors (Lipinski definition) is 4. The van der Waals surface area contributed by atoms with Gasteiger partial charge in [-0.3, -0.25) is 4.79 Å². The first-order chi connectivity index (χ1) is 12.8. The number of sulfone groups is 1. The van der Waals surface area contributed by atoms with Crippen molar-refractivity contribution in [2.45, 2.75) is 18.7 Å². The van der Waals surface area contributed by atoms with Crippen molar-refractivity contribution < 1.29 is 13.2 Å². The lowest BCUT2D eigenvalue weighted by Gasteiger charge is -2.12. The number of hydrogen-bond donors (Lipinski definition) is 1. The molecule has 5 nitrogen and oxygen atoms in total. The smallest absolute Gasteiger partial charge is 0.256 e. The maximum Gasteiger partial charge on any atom is 0.256 e. The molecule has 6 heteroatoms. The van der Waals surface area contributed by atoms with E-state index in [-0.39, 0.29) is 10.8 Å². The Labute approximate surface area is 159 Å². The fraction of sp³-hybridized carbons (Fsp3) is 0.143. The number of rotatable bonds is 4. The van der Waals surface area contributed by atoms with Gasteiger partial charge in [-0.25, -0.2) is 13.4 Å². The molecule has 0 radical (unpaired) electrons. The number of pyridine rings is 1. The molecule has 0 fully saturated rings. The van der Waals surface area contributed by atoms with Gasteiger partial charge in [0.1, 0.15) is 5.82 Å². The molecule has 1 heterocycles. The number of aryl methyl sites for hydroxylation is 1. The third-order valence-corrected chi connectivity index (χ3v) is 5.52. The van der Waals surface area contributed by atoms with Gasteiger partial charge >= 0.3 is 0 Å². The lowest BCUT2D eigenvalue weighted by molar-refractivity contribution is 0.102. The van der Waals surface area contributed by atoms with Crippen molar-refractivity contribution in [2.75, 3.05) is 11.6 Å². The SMILES string of the molecule is Cc1nc(NC(=O)c2ccc(S(C)(=O)=O)cc2)cc(-c2ccccc2)c1C. The molecule has 1 aromatic heterocycles. The van der Waals surface area contributed by atoms with Gasteiger partial charge in [0, 0.05) is 17.5 Å². The number of nitrogens with zero attached hydrogens (tertiary/aromatic N) is 1. The van der Waals surface area contributed by atoms with Crippen LogP contribution in [-0.2, 0) is 9.84 Å². The second-order valence-corrected chi connectivity index (χ2v) is 8.40. The average Bonchev–Trinajstić information content (AvgIpc) is 2.64. The van der Waals surface area contributed by atoms with E-state index in [0.29, 0.717) is 11.4 Å². The molecular weight excluding hydrogens is 360 g/mol.